The van der Waals surface area contributed by atoms with E-state index in [1.807, 2.05) is 74.7 Å². The van der Waals surface area contributed by atoms with Crippen LogP contribution in [-0.2, 0) is 0 Å². The maximum Gasteiger partial charge on any atom is 0.0658 e. The van der Waals surface area contributed by atoms with Crippen molar-refractivity contribution in [3.63, 3.8) is 0 Å². The first kappa shape index (κ1) is 15.7. The van der Waals surface area contributed by atoms with Crippen LogP contribution in [0.5, 0.6) is 0 Å². The minimum absolute atomic E-state index is 0.784. The normalized spacial score (nSPS) is 20.3. The first-order valence-corrected chi connectivity index (χ1v) is 7.83. The quantitative estimate of drug-likeness (QED) is 0.878. The Bertz CT molecular complexity index is 960. The molecule has 0 aliphatic carbocycles. The van der Waals surface area contributed by atoms with E-state index >= 15 is 0 Å². The number of hydrogen-bond donors (Lipinski definition) is 2. The van der Waals surface area contributed by atoms with Gasteiger partial charge in [-0.1, -0.05) is 12.7 Å². The van der Waals surface area contributed by atoms with E-state index in [0.717, 1.165) is 39.2 Å². The lowest BCUT2D eigenvalue weighted by Gasteiger charge is -1.98. The summed E-state index contributed by atoms with van der Waals surface area (Å²) in [5.41, 5.74) is 4.59. The van der Waals surface area contributed by atoms with Crippen LogP contribution in [0, 0.1) is 0 Å². The Balaban J connectivity index is 1.83. The zero-order chi connectivity index (χ0) is 16.9. The summed E-state index contributed by atoms with van der Waals surface area (Å²) in [6.07, 6.45) is 15.9. The van der Waals surface area contributed by atoms with Crippen molar-refractivity contribution in [2.75, 3.05) is 7.05 Å². The van der Waals surface area contributed by atoms with Crippen molar-refractivity contribution in [3.8, 4) is 0 Å². The molecule has 3 rings (SSSR count). The average molecular weight is 316 g/mol. The molecule has 0 spiro atoms. The molecule has 1 aromatic heterocycles. The van der Waals surface area contributed by atoms with Crippen molar-refractivity contribution in [2.45, 2.75) is 6.92 Å². The molecule has 0 atom stereocenters. The van der Waals surface area contributed by atoms with Crippen LogP contribution in [0.4, 0.5) is 0 Å². The molecule has 0 radical (unpaired) electrons. The van der Waals surface area contributed by atoms with Gasteiger partial charge in [0.15, 0.2) is 0 Å². The minimum atomic E-state index is 0.784. The second-order valence-electron chi connectivity index (χ2n) is 5.45. The molecule has 0 bridgehead atoms. The number of aliphatic imine (C=N–C) groups is 2. The van der Waals surface area contributed by atoms with E-state index < -0.39 is 0 Å². The largest absolute Gasteiger partial charge is 0.388 e. The summed E-state index contributed by atoms with van der Waals surface area (Å²) in [6, 6.07) is 4.06. The van der Waals surface area contributed by atoms with E-state index in [-0.39, 0.29) is 0 Å². The average Bonchev–Trinajstić information content (AvgIpc) is 3.29. The van der Waals surface area contributed by atoms with Gasteiger partial charge in [0.2, 0.25) is 0 Å². The fourth-order valence-electron chi connectivity index (χ4n) is 2.43. The van der Waals surface area contributed by atoms with Gasteiger partial charge in [0.05, 0.1) is 22.8 Å². The second kappa shape index (κ2) is 6.96. The Morgan fingerprint density at radius 3 is 2.29 bits per heavy atom. The zero-order valence-corrected chi connectivity index (χ0v) is 13.9. The lowest BCUT2D eigenvalue weighted by atomic mass is 10.3. The molecule has 4 heteroatoms. The first-order chi connectivity index (χ1) is 11.7. The number of aromatic nitrogens is 1. The van der Waals surface area contributed by atoms with Crippen molar-refractivity contribution in [1.82, 2.24) is 10.3 Å². The summed E-state index contributed by atoms with van der Waals surface area (Å²) >= 11 is 0. The highest BCUT2D eigenvalue weighted by Gasteiger charge is 2.02. The lowest BCUT2D eigenvalue weighted by molar-refractivity contribution is 1.02. The van der Waals surface area contributed by atoms with Gasteiger partial charge in [-0.3, -0.25) is 0 Å². The van der Waals surface area contributed by atoms with Gasteiger partial charge < -0.3 is 10.3 Å². The fraction of sp³-hybridized carbons (Fsp3) is 0.100. The van der Waals surface area contributed by atoms with Gasteiger partial charge in [0.1, 0.15) is 0 Å². The van der Waals surface area contributed by atoms with Crippen LogP contribution in [0.15, 0.2) is 82.2 Å². The van der Waals surface area contributed by atoms with E-state index in [2.05, 4.69) is 26.9 Å². The van der Waals surface area contributed by atoms with E-state index in [1.165, 1.54) is 0 Å². The molecule has 3 heterocycles. The Hall–Kier alpha value is -3.14. The molecule has 120 valence electrons. The van der Waals surface area contributed by atoms with Gasteiger partial charge in [0, 0.05) is 23.4 Å². The molecule has 0 saturated heterocycles. The van der Waals surface area contributed by atoms with Crippen LogP contribution >= 0.6 is 0 Å². The number of hydrogen-bond acceptors (Lipinski definition) is 3. The summed E-state index contributed by atoms with van der Waals surface area (Å²) in [6.45, 7) is 5.81. The zero-order valence-electron chi connectivity index (χ0n) is 13.9. The van der Waals surface area contributed by atoms with Crippen molar-refractivity contribution >= 4 is 23.6 Å². The van der Waals surface area contributed by atoms with Crippen molar-refractivity contribution in [3.05, 3.63) is 83.0 Å². The molecule has 0 aromatic carbocycles. The first-order valence-electron chi connectivity index (χ1n) is 7.83. The van der Waals surface area contributed by atoms with Crippen molar-refractivity contribution in [1.29, 1.82) is 0 Å². The third-order valence-electron chi connectivity index (χ3n) is 3.64. The van der Waals surface area contributed by atoms with Gasteiger partial charge in [0.25, 0.3) is 0 Å². The Morgan fingerprint density at radius 1 is 1.04 bits per heavy atom. The smallest absolute Gasteiger partial charge is 0.0658 e. The Labute approximate surface area is 141 Å². The number of likely N-dealkylation sites (N-methyl/N-ethyl adjacent to an activating group) is 1. The SMILES string of the molecule is C=C1C=CC(/C=c2/cc/c(=C/C3=NC(=C\C(=C\C)NC)/C=C3)[nH]2)=N1. The van der Waals surface area contributed by atoms with E-state index in [4.69, 9.17) is 0 Å². The fourth-order valence-corrected chi connectivity index (χ4v) is 2.43. The van der Waals surface area contributed by atoms with Crippen molar-refractivity contribution < 1.29 is 0 Å². The summed E-state index contributed by atoms with van der Waals surface area (Å²) < 4.78 is 0. The van der Waals surface area contributed by atoms with Gasteiger partial charge in [-0.05, 0) is 61.6 Å². The summed E-state index contributed by atoms with van der Waals surface area (Å²) in [4.78, 5) is 12.3. The maximum absolute atomic E-state index is 4.60. The minimum Gasteiger partial charge on any atom is -0.388 e. The number of allylic oxidation sites excluding steroid dienone is 6. The molecule has 24 heavy (non-hydrogen) atoms. The van der Waals surface area contributed by atoms with Gasteiger partial charge in [-0.15, -0.1) is 0 Å². The molecule has 0 fully saturated rings. The second-order valence-corrected chi connectivity index (χ2v) is 5.45. The molecule has 2 N–H and O–H groups in total. The van der Waals surface area contributed by atoms with Gasteiger partial charge in [-0.2, -0.15) is 0 Å². The molecular formula is C20H20N4. The number of H-pyrrole nitrogens is 1. The Morgan fingerprint density at radius 2 is 1.71 bits per heavy atom. The molecule has 4 nitrogen and oxygen atoms in total. The number of nitrogens with one attached hydrogen (secondary N) is 2. The third kappa shape index (κ3) is 3.79. The molecule has 2 aliphatic heterocycles. The summed E-state index contributed by atoms with van der Waals surface area (Å²) in [5.74, 6) is 0. The Kier molecular flexibility index (Phi) is 4.57. The highest BCUT2D eigenvalue weighted by Crippen LogP contribution is 2.11. The number of rotatable bonds is 4. The van der Waals surface area contributed by atoms with Crippen LogP contribution in [0.3, 0.4) is 0 Å². The van der Waals surface area contributed by atoms with Crippen LogP contribution in [-0.4, -0.2) is 23.5 Å². The van der Waals surface area contributed by atoms with E-state index in [1.54, 1.807) is 0 Å². The van der Waals surface area contributed by atoms with Crippen LogP contribution in [0.1, 0.15) is 6.92 Å². The molecule has 0 saturated carbocycles. The number of nitrogens with zero attached hydrogens (tertiary/aromatic N) is 2. The lowest BCUT2D eigenvalue weighted by Crippen LogP contribution is -2.12. The van der Waals surface area contributed by atoms with Crippen LogP contribution < -0.4 is 16.0 Å². The van der Waals surface area contributed by atoms with Gasteiger partial charge in [-0.25, -0.2) is 9.98 Å². The third-order valence-corrected chi connectivity index (χ3v) is 3.64. The van der Waals surface area contributed by atoms with Crippen LogP contribution in [0.2, 0.25) is 0 Å². The molecule has 0 unspecified atom stereocenters. The maximum atomic E-state index is 4.60. The number of aromatic amines is 1. The predicted molar refractivity (Wildman–Crippen MR) is 102 cm³/mol. The summed E-state index contributed by atoms with van der Waals surface area (Å²) in [7, 11) is 1.90. The topological polar surface area (TPSA) is 52.5 Å². The van der Waals surface area contributed by atoms with Gasteiger partial charge >= 0.3 is 0 Å². The predicted octanol–water partition coefficient (Wildman–Crippen LogP) is 2.12. The molecule has 2 aliphatic rings. The molecule has 1 aromatic rings. The standard InChI is InChI=1S/C20H20N4/c1-4-15(21-3)11-17-7-8-19(23-17)13-20-10-9-18(24-20)12-16-6-5-14(2)22-16/h4-13,21,24H,2H2,1,3H3/b15-4-,17-11-,18-12-,20-13-. The van der Waals surface area contributed by atoms with E-state index in [0.29, 0.717) is 0 Å². The molecule has 0 amide bonds. The molecular weight excluding hydrogens is 296 g/mol. The van der Waals surface area contributed by atoms with E-state index in [9.17, 15) is 0 Å². The summed E-state index contributed by atoms with van der Waals surface area (Å²) in [5, 5.41) is 5.13. The van der Waals surface area contributed by atoms with Crippen LogP contribution in [0.25, 0.3) is 12.2 Å². The highest BCUT2D eigenvalue weighted by molar-refractivity contribution is 6.20. The monoisotopic (exact) mass is 316 g/mol. The highest BCUT2D eigenvalue weighted by atomic mass is 14.8. The van der Waals surface area contributed by atoms with Crippen molar-refractivity contribution in [2.24, 2.45) is 9.98 Å².